The lowest BCUT2D eigenvalue weighted by atomic mass is 9.82. The van der Waals surface area contributed by atoms with Crippen LogP contribution in [0.1, 0.15) is 25.0 Å². The predicted molar refractivity (Wildman–Crippen MR) is 231 cm³/mol. The molecule has 0 radical (unpaired) electrons. The molecule has 2 aromatic heterocycles. The number of aromatic nitrogens is 4. The summed E-state index contributed by atoms with van der Waals surface area (Å²) in [6, 6.07) is 64.9. The number of para-hydroxylation sites is 1. The number of hydrogen-bond donors (Lipinski definition) is 0. The molecule has 1 aliphatic rings. The Labute approximate surface area is 325 Å². The first-order valence-electron chi connectivity index (χ1n) is 19.2. The molecular formula is C52H36N4. The Bertz CT molecular complexity index is 3100. The van der Waals surface area contributed by atoms with Crippen molar-refractivity contribution in [3.63, 3.8) is 0 Å². The molecule has 8 aromatic carbocycles. The Balaban J connectivity index is 1.20. The molecule has 0 spiro atoms. The molecule has 10 aromatic rings. The fourth-order valence-corrected chi connectivity index (χ4v) is 8.91. The SMILES string of the molecule is CC1(C)c2ccccc2-c2cc3c4ccccc4n(-c4ccc(-c5nc(-c6ccccc6)nc(-c6ccccc6)n5)cc4-c4cccc5ccccc45)c3cc21. The van der Waals surface area contributed by atoms with E-state index in [1.807, 2.05) is 36.4 Å². The lowest BCUT2D eigenvalue weighted by Crippen LogP contribution is -2.15. The Morgan fingerprint density at radius 2 is 0.964 bits per heavy atom. The Morgan fingerprint density at radius 3 is 1.71 bits per heavy atom. The van der Waals surface area contributed by atoms with Crippen LogP contribution < -0.4 is 0 Å². The quantitative estimate of drug-likeness (QED) is 0.178. The molecule has 0 aliphatic heterocycles. The summed E-state index contributed by atoms with van der Waals surface area (Å²) in [7, 11) is 0. The molecule has 11 rings (SSSR count). The molecule has 2 heterocycles. The van der Waals surface area contributed by atoms with Gasteiger partial charge in [0.05, 0.1) is 16.7 Å². The predicted octanol–water partition coefficient (Wildman–Crippen LogP) is 13.1. The van der Waals surface area contributed by atoms with Crippen LogP contribution in [0.2, 0.25) is 0 Å². The van der Waals surface area contributed by atoms with Crippen molar-refractivity contribution in [3.05, 3.63) is 193 Å². The summed E-state index contributed by atoms with van der Waals surface area (Å²) in [6.07, 6.45) is 0. The summed E-state index contributed by atoms with van der Waals surface area (Å²) in [5.74, 6) is 1.92. The fraction of sp³-hybridized carbons (Fsp3) is 0.0577. The van der Waals surface area contributed by atoms with Crippen molar-refractivity contribution >= 4 is 32.6 Å². The van der Waals surface area contributed by atoms with Gasteiger partial charge in [-0.15, -0.1) is 0 Å². The zero-order valence-electron chi connectivity index (χ0n) is 31.1. The highest BCUT2D eigenvalue weighted by atomic mass is 15.0. The Morgan fingerprint density at radius 1 is 0.375 bits per heavy atom. The summed E-state index contributed by atoms with van der Waals surface area (Å²) in [6.45, 7) is 4.71. The third kappa shape index (κ3) is 4.96. The Kier molecular flexibility index (Phi) is 7.17. The summed E-state index contributed by atoms with van der Waals surface area (Å²) in [5, 5.41) is 4.87. The van der Waals surface area contributed by atoms with Gasteiger partial charge in [-0.05, 0) is 75.0 Å². The van der Waals surface area contributed by atoms with Crippen LogP contribution in [0.5, 0.6) is 0 Å². The minimum atomic E-state index is -0.130. The van der Waals surface area contributed by atoms with Crippen LogP contribution in [0.4, 0.5) is 0 Å². The molecule has 0 unspecified atom stereocenters. The highest BCUT2D eigenvalue weighted by Crippen LogP contribution is 2.51. The summed E-state index contributed by atoms with van der Waals surface area (Å²) >= 11 is 0. The maximum Gasteiger partial charge on any atom is 0.164 e. The van der Waals surface area contributed by atoms with Crippen LogP contribution in [0.3, 0.4) is 0 Å². The van der Waals surface area contributed by atoms with E-state index in [2.05, 4.69) is 164 Å². The first-order chi connectivity index (χ1) is 27.5. The van der Waals surface area contributed by atoms with Crippen LogP contribution in [0.25, 0.3) is 94.7 Å². The zero-order chi connectivity index (χ0) is 37.4. The van der Waals surface area contributed by atoms with E-state index in [0.29, 0.717) is 17.5 Å². The second-order valence-corrected chi connectivity index (χ2v) is 15.2. The first kappa shape index (κ1) is 32.3. The van der Waals surface area contributed by atoms with E-state index in [-0.39, 0.29) is 5.41 Å². The topological polar surface area (TPSA) is 43.6 Å². The van der Waals surface area contributed by atoms with E-state index >= 15 is 0 Å². The van der Waals surface area contributed by atoms with E-state index in [4.69, 9.17) is 15.0 Å². The summed E-state index contributed by atoms with van der Waals surface area (Å²) in [4.78, 5) is 15.2. The normalized spacial score (nSPS) is 13.0. The lowest BCUT2D eigenvalue weighted by molar-refractivity contribution is 0.661. The number of hydrogen-bond acceptors (Lipinski definition) is 3. The largest absolute Gasteiger partial charge is 0.309 e. The summed E-state index contributed by atoms with van der Waals surface area (Å²) in [5.41, 5.74) is 13.8. The van der Waals surface area contributed by atoms with Gasteiger partial charge < -0.3 is 4.57 Å². The number of benzene rings is 8. The molecule has 1 aliphatic carbocycles. The molecule has 4 nitrogen and oxygen atoms in total. The van der Waals surface area contributed by atoms with Gasteiger partial charge in [-0.2, -0.15) is 0 Å². The van der Waals surface area contributed by atoms with Crippen LogP contribution in [-0.2, 0) is 5.41 Å². The van der Waals surface area contributed by atoms with Gasteiger partial charge in [-0.1, -0.05) is 159 Å². The van der Waals surface area contributed by atoms with E-state index in [1.165, 1.54) is 54.8 Å². The van der Waals surface area contributed by atoms with Gasteiger partial charge in [0.25, 0.3) is 0 Å². The third-order valence-electron chi connectivity index (χ3n) is 11.7. The molecule has 264 valence electrons. The number of fused-ring (bicyclic) bond motifs is 7. The van der Waals surface area contributed by atoms with E-state index < -0.39 is 0 Å². The summed E-state index contributed by atoms with van der Waals surface area (Å²) < 4.78 is 2.48. The average molecular weight is 717 g/mol. The minimum absolute atomic E-state index is 0.130. The molecule has 0 bridgehead atoms. The van der Waals surface area contributed by atoms with Crippen LogP contribution in [-0.4, -0.2) is 19.5 Å². The molecular weight excluding hydrogens is 681 g/mol. The molecule has 0 fully saturated rings. The van der Waals surface area contributed by atoms with Gasteiger partial charge >= 0.3 is 0 Å². The van der Waals surface area contributed by atoms with E-state index in [9.17, 15) is 0 Å². The van der Waals surface area contributed by atoms with Crippen molar-refractivity contribution in [1.29, 1.82) is 0 Å². The highest BCUT2D eigenvalue weighted by Gasteiger charge is 2.36. The van der Waals surface area contributed by atoms with Crippen LogP contribution >= 0.6 is 0 Å². The molecule has 4 heteroatoms. The average Bonchev–Trinajstić information content (AvgIpc) is 3.70. The second kappa shape index (κ2) is 12.4. The monoisotopic (exact) mass is 716 g/mol. The van der Waals surface area contributed by atoms with Gasteiger partial charge in [0.1, 0.15) is 0 Å². The van der Waals surface area contributed by atoms with Crippen molar-refractivity contribution in [1.82, 2.24) is 19.5 Å². The smallest absolute Gasteiger partial charge is 0.164 e. The maximum absolute atomic E-state index is 5.13. The number of rotatable bonds is 5. The minimum Gasteiger partial charge on any atom is -0.309 e. The van der Waals surface area contributed by atoms with Crippen molar-refractivity contribution in [3.8, 4) is 62.1 Å². The first-order valence-corrected chi connectivity index (χ1v) is 19.2. The van der Waals surface area contributed by atoms with Gasteiger partial charge in [0, 0.05) is 38.4 Å². The standard InChI is InChI=1S/C52H36N4/c1-52(2)44-26-13-11-23-39(44)41-31-43-40-24-12-14-27-46(40)56(48(43)32-45(41)52)47-29-28-36(30-42(47)38-25-15-21-33-16-9-10-22-37(33)38)51-54-49(34-17-5-3-6-18-34)53-50(55-51)35-19-7-4-8-20-35/h3-32H,1-2H3. The van der Waals surface area contributed by atoms with Gasteiger partial charge in [-0.25, -0.2) is 15.0 Å². The number of nitrogens with zero attached hydrogens (tertiary/aromatic N) is 4. The molecule has 0 atom stereocenters. The van der Waals surface area contributed by atoms with Gasteiger partial charge in [-0.3, -0.25) is 0 Å². The second-order valence-electron chi connectivity index (χ2n) is 15.2. The van der Waals surface area contributed by atoms with Gasteiger partial charge in [0.2, 0.25) is 0 Å². The van der Waals surface area contributed by atoms with Crippen LogP contribution in [0, 0.1) is 0 Å². The molecule has 56 heavy (non-hydrogen) atoms. The maximum atomic E-state index is 5.13. The van der Waals surface area contributed by atoms with Crippen molar-refractivity contribution in [2.75, 3.05) is 0 Å². The molecule has 0 saturated carbocycles. The molecule has 0 saturated heterocycles. The van der Waals surface area contributed by atoms with Gasteiger partial charge in [0.15, 0.2) is 17.5 Å². The van der Waals surface area contributed by atoms with E-state index in [1.54, 1.807) is 0 Å². The lowest BCUT2D eigenvalue weighted by Gasteiger charge is -2.22. The fourth-order valence-electron chi connectivity index (χ4n) is 8.91. The van der Waals surface area contributed by atoms with Crippen LogP contribution in [0.15, 0.2) is 182 Å². The van der Waals surface area contributed by atoms with Crippen molar-refractivity contribution < 1.29 is 0 Å². The van der Waals surface area contributed by atoms with Crippen molar-refractivity contribution in [2.45, 2.75) is 19.3 Å². The zero-order valence-corrected chi connectivity index (χ0v) is 31.1. The highest BCUT2D eigenvalue weighted by molar-refractivity contribution is 6.12. The molecule has 0 amide bonds. The molecule has 0 N–H and O–H groups in total. The Hall–Kier alpha value is -7.17. The van der Waals surface area contributed by atoms with E-state index in [0.717, 1.165) is 33.5 Å². The third-order valence-corrected chi connectivity index (χ3v) is 11.7. The van der Waals surface area contributed by atoms with Crippen molar-refractivity contribution in [2.24, 2.45) is 0 Å².